The molecule has 2 N–H and O–H groups in total. The van der Waals surface area contributed by atoms with Gasteiger partial charge in [-0.3, -0.25) is 4.79 Å². The van der Waals surface area contributed by atoms with Crippen LogP contribution in [0, 0.1) is 6.92 Å². The van der Waals surface area contributed by atoms with E-state index in [0.29, 0.717) is 17.2 Å². The summed E-state index contributed by atoms with van der Waals surface area (Å²) in [6.45, 7) is 2.62. The summed E-state index contributed by atoms with van der Waals surface area (Å²) in [6, 6.07) is 18.9. The highest BCUT2D eigenvalue weighted by atomic mass is 16.5. The number of carbonyl (C=O) groups is 1. The van der Waals surface area contributed by atoms with Gasteiger partial charge in [0, 0.05) is 12.1 Å². The molecule has 6 nitrogen and oxygen atoms in total. The fourth-order valence-electron chi connectivity index (χ4n) is 2.67. The molecule has 0 atom stereocenters. The lowest BCUT2D eigenvalue weighted by atomic mass is 10.1. The van der Waals surface area contributed by atoms with Crippen LogP contribution < -0.4 is 15.4 Å². The number of hydrogen-bond donors (Lipinski definition) is 2. The minimum Gasteiger partial charge on any atom is -0.497 e. The summed E-state index contributed by atoms with van der Waals surface area (Å²) in [5.74, 6) is 1.73. The second-order valence-electron chi connectivity index (χ2n) is 6.10. The zero-order valence-electron chi connectivity index (χ0n) is 15.4. The van der Waals surface area contributed by atoms with Crippen LogP contribution in [0.2, 0.25) is 0 Å². The number of benzene rings is 2. The summed E-state index contributed by atoms with van der Waals surface area (Å²) < 4.78 is 5.23. The normalized spacial score (nSPS) is 10.3. The molecule has 0 unspecified atom stereocenters. The Kier molecular flexibility index (Phi) is 5.99. The topological polar surface area (TPSA) is 76.1 Å². The van der Waals surface area contributed by atoms with Gasteiger partial charge >= 0.3 is 0 Å². The van der Waals surface area contributed by atoms with E-state index in [1.54, 1.807) is 25.3 Å². The Morgan fingerprint density at radius 2 is 1.78 bits per heavy atom. The van der Waals surface area contributed by atoms with Crippen molar-refractivity contribution in [2.45, 2.75) is 13.3 Å². The highest BCUT2D eigenvalue weighted by Gasteiger charge is 2.09. The van der Waals surface area contributed by atoms with Crippen LogP contribution in [0.4, 0.5) is 11.6 Å². The summed E-state index contributed by atoms with van der Waals surface area (Å²) in [4.78, 5) is 12.3. The maximum absolute atomic E-state index is 12.3. The molecule has 6 heteroatoms. The second kappa shape index (κ2) is 8.80. The molecule has 0 radical (unpaired) electrons. The van der Waals surface area contributed by atoms with Gasteiger partial charge in [0.1, 0.15) is 11.6 Å². The van der Waals surface area contributed by atoms with E-state index in [0.717, 1.165) is 24.3 Å². The van der Waals surface area contributed by atoms with Gasteiger partial charge < -0.3 is 15.4 Å². The van der Waals surface area contributed by atoms with Crippen molar-refractivity contribution < 1.29 is 9.53 Å². The molecule has 0 saturated heterocycles. The van der Waals surface area contributed by atoms with Crippen LogP contribution >= 0.6 is 0 Å². The Morgan fingerprint density at radius 1 is 1.00 bits per heavy atom. The van der Waals surface area contributed by atoms with E-state index < -0.39 is 0 Å². The number of nitrogens with one attached hydrogen (secondary N) is 2. The molecule has 138 valence electrons. The standard InChI is InChI=1S/C21H22N4O2/c1-15-6-3-4-9-18(15)21(26)23-20-11-10-19(24-25-20)22-13-12-16-7-5-8-17(14-16)27-2/h3-11,14H,12-13H2,1-2H3,(H,22,24)(H,23,25,26). The molecule has 3 aromatic rings. The smallest absolute Gasteiger partial charge is 0.257 e. The molecule has 0 fully saturated rings. The van der Waals surface area contributed by atoms with Gasteiger partial charge in [0.2, 0.25) is 0 Å². The number of nitrogens with zero attached hydrogens (tertiary/aromatic N) is 2. The van der Waals surface area contributed by atoms with Gasteiger partial charge in [0.25, 0.3) is 5.91 Å². The van der Waals surface area contributed by atoms with Crippen molar-refractivity contribution >= 4 is 17.5 Å². The Bertz CT molecular complexity index is 910. The van der Waals surface area contributed by atoms with Crippen LogP contribution in [0.3, 0.4) is 0 Å². The first kappa shape index (κ1) is 18.4. The average molecular weight is 362 g/mol. The second-order valence-corrected chi connectivity index (χ2v) is 6.10. The van der Waals surface area contributed by atoms with Gasteiger partial charge in [-0.2, -0.15) is 0 Å². The lowest BCUT2D eigenvalue weighted by Gasteiger charge is -2.08. The van der Waals surface area contributed by atoms with Crippen molar-refractivity contribution in [3.05, 3.63) is 77.4 Å². The van der Waals surface area contributed by atoms with E-state index in [9.17, 15) is 4.79 Å². The van der Waals surface area contributed by atoms with E-state index >= 15 is 0 Å². The van der Waals surface area contributed by atoms with Crippen molar-refractivity contribution in [2.75, 3.05) is 24.3 Å². The maximum atomic E-state index is 12.3. The molecule has 1 amide bonds. The number of hydrogen-bond acceptors (Lipinski definition) is 5. The van der Waals surface area contributed by atoms with Crippen molar-refractivity contribution in [2.24, 2.45) is 0 Å². The highest BCUT2D eigenvalue weighted by molar-refractivity contribution is 6.04. The molecule has 0 bridgehead atoms. The molecule has 0 spiro atoms. The molecule has 1 heterocycles. The Labute approximate surface area is 158 Å². The molecule has 0 aliphatic carbocycles. The summed E-state index contributed by atoms with van der Waals surface area (Å²) in [7, 11) is 1.66. The predicted octanol–water partition coefficient (Wildman–Crippen LogP) is 3.70. The molecular formula is C21H22N4O2. The van der Waals surface area contributed by atoms with E-state index in [4.69, 9.17) is 4.74 Å². The van der Waals surface area contributed by atoms with Crippen LogP contribution in [-0.2, 0) is 6.42 Å². The zero-order chi connectivity index (χ0) is 19.1. The molecule has 0 aliphatic rings. The largest absolute Gasteiger partial charge is 0.497 e. The number of carbonyl (C=O) groups excluding carboxylic acids is 1. The number of aryl methyl sites for hydroxylation is 1. The first-order valence-electron chi connectivity index (χ1n) is 8.73. The van der Waals surface area contributed by atoms with Crippen LogP contribution in [0.1, 0.15) is 21.5 Å². The zero-order valence-corrected chi connectivity index (χ0v) is 15.4. The van der Waals surface area contributed by atoms with E-state index in [2.05, 4.69) is 26.9 Å². The SMILES string of the molecule is COc1cccc(CCNc2ccc(NC(=O)c3ccccc3C)nn2)c1. The van der Waals surface area contributed by atoms with Gasteiger partial charge in [-0.15, -0.1) is 10.2 Å². The molecule has 2 aromatic carbocycles. The molecule has 0 aliphatic heterocycles. The van der Waals surface area contributed by atoms with Crippen molar-refractivity contribution in [1.29, 1.82) is 0 Å². The molecule has 3 rings (SSSR count). The number of aromatic nitrogens is 2. The number of rotatable bonds is 7. The van der Waals surface area contributed by atoms with Crippen LogP contribution in [-0.4, -0.2) is 29.8 Å². The summed E-state index contributed by atoms with van der Waals surface area (Å²) >= 11 is 0. The van der Waals surface area contributed by atoms with Crippen molar-refractivity contribution in [3.8, 4) is 5.75 Å². The van der Waals surface area contributed by atoms with E-state index in [1.807, 2.05) is 43.3 Å². The van der Waals surface area contributed by atoms with Gasteiger partial charge in [-0.05, 0) is 54.8 Å². The lowest BCUT2D eigenvalue weighted by molar-refractivity contribution is 0.102. The molecule has 0 saturated carbocycles. The summed E-state index contributed by atoms with van der Waals surface area (Å²) in [5, 5.41) is 14.2. The predicted molar refractivity (Wildman–Crippen MR) is 106 cm³/mol. The Morgan fingerprint density at radius 3 is 2.52 bits per heavy atom. The molecule has 27 heavy (non-hydrogen) atoms. The van der Waals surface area contributed by atoms with Gasteiger partial charge in [0.05, 0.1) is 7.11 Å². The lowest BCUT2D eigenvalue weighted by Crippen LogP contribution is -2.15. The number of methoxy groups -OCH3 is 1. The van der Waals surface area contributed by atoms with Gasteiger partial charge in [-0.1, -0.05) is 30.3 Å². The monoisotopic (exact) mass is 362 g/mol. The number of amides is 1. The van der Waals surface area contributed by atoms with Crippen molar-refractivity contribution in [1.82, 2.24) is 10.2 Å². The third-order valence-electron chi connectivity index (χ3n) is 4.15. The minimum atomic E-state index is -0.193. The summed E-state index contributed by atoms with van der Waals surface area (Å²) in [5.41, 5.74) is 2.72. The molecular weight excluding hydrogens is 340 g/mol. The van der Waals surface area contributed by atoms with Gasteiger partial charge in [0.15, 0.2) is 5.82 Å². The summed E-state index contributed by atoms with van der Waals surface area (Å²) in [6.07, 6.45) is 0.838. The quantitative estimate of drug-likeness (QED) is 0.670. The van der Waals surface area contributed by atoms with Gasteiger partial charge in [-0.25, -0.2) is 0 Å². The van der Waals surface area contributed by atoms with E-state index in [-0.39, 0.29) is 5.91 Å². The third kappa shape index (κ3) is 5.04. The first-order valence-corrected chi connectivity index (χ1v) is 8.73. The Balaban J connectivity index is 1.52. The van der Waals surface area contributed by atoms with E-state index in [1.165, 1.54) is 5.56 Å². The third-order valence-corrected chi connectivity index (χ3v) is 4.15. The molecule has 1 aromatic heterocycles. The highest BCUT2D eigenvalue weighted by Crippen LogP contribution is 2.14. The Hall–Kier alpha value is -3.41. The maximum Gasteiger partial charge on any atom is 0.257 e. The fraction of sp³-hybridized carbons (Fsp3) is 0.190. The number of anilines is 2. The van der Waals surface area contributed by atoms with Crippen LogP contribution in [0.15, 0.2) is 60.7 Å². The fourth-order valence-corrected chi connectivity index (χ4v) is 2.67. The number of ether oxygens (including phenoxy) is 1. The van der Waals surface area contributed by atoms with Crippen molar-refractivity contribution in [3.63, 3.8) is 0 Å². The van der Waals surface area contributed by atoms with Crippen LogP contribution in [0.5, 0.6) is 5.75 Å². The minimum absolute atomic E-state index is 0.193. The van der Waals surface area contributed by atoms with Crippen LogP contribution in [0.25, 0.3) is 0 Å². The first-order chi connectivity index (χ1) is 13.2. The average Bonchev–Trinajstić information content (AvgIpc) is 2.70.